The zero-order chi connectivity index (χ0) is 12.6. The molecule has 1 heterocycles. The van der Waals surface area contributed by atoms with Crippen LogP contribution in [0.1, 0.15) is 17.0 Å². The Morgan fingerprint density at radius 3 is 2.59 bits per heavy atom. The summed E-state index contributed by atoms with van der Waals surface area (Å²) in [7, 11) is 0. The molecule has 0 bridgehead atoms. The summed E-state index contributed by atoms with van der Waals surface area (Å²) in [6.07, 6.45) is 0. The first-order valence-electron chi connectivity index (χ1n) is 5.12. The fraction of sp³-hybridized carbons (Fsp3) is 0.250. The van der Waals surface area contributed by atoms with Crippen molar-refractivity contribution in [1.82, 2.24) is 9.78 Å². The smallest absolute Gasteiger partial charge is 0.0730 e. The lowest BCUT2D eigenvalue weighted by Gasteiger charge is -2.07. The Kier molecular flexibility index (Phi) is 4.00. The number of halogens is 3. The summed E-state index contributed by atoms with van der Waals surface area (Å²) in [6.45, 7) is 4.71. The van der Waals surface area contributed by atoms with Gasteiger partial charge >= 0.3 is 0 Å². The van der Waals surface area contributed by atoms with Crippen molar-refractivity contribution in [2.45, 2.75) is 20.4 Å². The molecule has 0 aliphatic heterocycles. The second kappa shape index (κ2) is 5.16. The Morgan fingerprint density at radius 2 is 2.00 bits per heavy atom. The van der Waals surface area contributed by atoms with Crippen LogP contribution in [0.3, 0.4) is 0 Å². The van der Waals surface area contributed by atoms with E-state index in [-0.39, 0.29) is 0 Å². The predicted octanol–water partition coefficient (Wildman–Crippen LogP) is 4.46. The van der Waals surface area contributed by atoms with Crippen molar-refractivity contribution < 1.29 is 0 Å². The minimum absolute atomic E-state index is 0.648. The third kappa shape index (κ3) is 2.77. The first-order valence-corrected chi connectivity index (χ1v) is 6.96. The van der Waals surface area contributed by atoms with Gasteiger partial charge in [0.2, 0.25) is 0 Å². The van der Waals surface area contributed by atoms with E-state index >= 15 is 0 Å². The lowest BCUT2D eigenvalue weighted by molar-refractivity contribution is 0.659. The summed E-state index contributed by atoms with van der Waals surface area (Å²) in [5, 5.41) is 5.90. The van der Waals surface area contributed by atoms with Gasteiger partial charge in [0, 0.05) is 15.7 Å². The van der Waals surface area contributed by atoms with E-state index in [9.17, 15) is 0 Å². The van der Waals surface area contributed by atoms with E-state index in [0.717, 1.165) is 22.0 Å². The highest BCUT2D eigenvalue weighted by atomic mass is 127. The van der Waals surface area contributed by atoms with Crippen molar-refractivity contribution in [3.63, 3.8) is 0 Å². The number of hydrogen-bond acceptors (Lipinski definition) is 1. The van der Waals surface area contributed by atoms with Gasteiger partial charge in [-0.1, -0.05) is 23.2 Å². The molecular formula is C12H11Cl2IN2. The number of nitrogens with zero attached hydrogens (tertiary/aromatic N) is 2. The first kappa shape index (κ1) is 13.2. The van der Waals surface area contributed by atoms with E-state index in [1.807, 2.05) is 23.7 Å². The minimum Gasteiger partial charge on any atom is -0.264 e. The van der Waals surface area contributed by atoms with Crippen molar-refractivity contribution >= 4 is 45.8 Å². The van der Waals surface area contributed by atoms with E-state index < -0.39 is 0 Å². The molecule has 5 heteroatoms. The summed E-state index contributed by atoms with van der Waals surface area (Å²) in [4.78, 5) is 0. The Hall–Kier alpha value is -0.260. The zero-order valence-corrected chi connectivity index (χ0v) is 13.1. The summed E-state index contributed by atoms with van der Waals surface area (Å²) in [5.74, 6) is 0. The van der Waals surface area contributed by atoms with Crippen LogP contribution >= 0.6 is 45.8 Å². The average Bonchev–Trinajstić information content (AvgIpc) is 2.52. The van der Waals surface area contributed by atoms with Gasteiger partial charge < -0.3 is 0 Å². The molecule has 0 unspecified atom stereocenters. The van der Waals surface area contributed by atoms with E-state index in [1.54, 1.807) is 6.07 Å². The summed E-state index contributed by atoms with van der Waals surface area (Å²) in [5.41, 5.74) is 3.18. The summed E-state index contributed by atoms with van der Waals surface area (Å²) >= 11 is 14.4. The predicted molar refractivity (Wildman–Crippen MR) is 80.0 cm³/mol. The Balaban J connectivity index is 2.37. The van der Waals surface area contributed by atoms with Crippen LogP contribution in [0.5, 0.6) is 0 Å². The molecule has 1 aromatic carbocycles. The van der Waals surface area contributed by atoms with Crippen molar-refractivity contribution in [2.75, 3.05) is 0 Å². The lowest BCUT2D eigenvalue weighted by Crippen LogP contribution is -2.04. The maximum Gasteiger partial charge on any atom is 0.0730 e. The van der Waals surface area contributed by atoms with E-state index in [4.69, 9.17) is 23.2 Å². The summed E-state index contributed by atoms with van der Waals surface area (Å²) in [6, 6.07) is 5.49. The zero-order valence-electron chi connectivity index (χ0n) is 9.47. The van der Waals surface area contributed by atoms with Crippen molar-refractivity contribution in [1.29, 1.82) is 0 Å². The molecule has 2 aromatic rings. The minimum atomic E-state index is 0.648. The number of aryl methyl sites for hydroxylation is 1. The number of aromatic nitrogens is 2. The fourth-order valence-electron chi connectivity index (χ4n) is 1.65. The van der Waals surface area contributed by atoms with Crippen molar-refractivity contribution in [3.8, 4) is 0 Å². The molecule has 2 rings (SSSR count). The first-order chi connectivity index (χ1) is 7.99. The van der Waals surface area contributed by atoms with Gasteiger partial charge in [0.15, 0.2) is 0 Å². The summed E-state index contributed by atoms with van der Waals surface area (Å²) < 4.78 is 3.15. The van der Waals surface area contributed by atoms with Crippen LogP contribution in [-0.4, -0.2) is 9.78 Å². The third-order valence-electron chi connectivity index (χ3n) is 2.62. The number of hydrogen-bond donors (Lipinski definition) is 0. The second-order valence-corrected chi connectivity index (χ2v) is 5.80. The fourth-order valence-corrected chi connectivity index (χ4v) is 2.41. The number of benzene rings is 1. The van der Waals surface area contributed by atoms with Gasteiger partial charge in [-0.2, -0.15) is 5.10 Å². The maximum absolute atomic E-state index is 6.14. The highest BCUT2D eigenvalue weighted by molar-refractivity contribution is 14.1. The number of rotatable bonds is 2. The van der Waals surface area contributed by atoms with Crippen molar-refractivity contribution in [2.24, 2.45) is 0 Å². The van der Waals surface area contributed by atoms with E-state index in [1.165, 1.54) is 3.57 Å². The Bertz CT molecular complexity index is 564. The monoisotopic (exact) mass is 380 g/mol. The highest BCUT2D eigenvalue weighted by Gasteiger charge is 2.10. The van der Waals surface area contributed by atoms with Gasteiger partial charge in [0.05, 0.1) is 15.8 Å². The van der Waals surface area contributed by atoms with E-state index in [2.05, 4.69) is 34.6 Å². The average molecular weight is 381 g/mol. The molecule has 0 amide bonds. The van der Waals surface area contributed by atoms with Gasteiger partial charge in [-0.3, -0.25) is 4.68 Å². The highest BCUT2D eigenvalue weighted by Crippen LogP contribution is 2.23. The maximum atomic E-state index is 6.14. The third-order valence-corrected chi connectivity index (χ3v) is 4.79. The molecule has 0 atom stereocenters. The van der Waals surface area contributed by atoms with Crippen molar-refractivity contribution in [3.05, 3.63) is 48.8 Å². The standard InChI is InChI=1S/C12H11Cl2IN2/c1-7-12(15)8(2)17(16-7)6-9-5-10(13)3-4-11(9)14/h3-5H,6H2,1-2H3. The van der Waals surface area contributed by atoms with Crippen LogP contribution in [0.15, 0.2) is 18.2 Å². The van der Waals surface area contributed by atoms with Crippen LogP contribution in [-0.2, 0) is 6.54 Å². The Morgan fingerprint density at radius 1 is 1.29 bits per heavy atom. The quantitative estimate of drug-likeness (QED) is 0.703. The molecule has 0 saturated heterocycles. The van der Waals surface area contributed by atoms with Crippen LogP contribution in [0.4, 0.5) is 0 Å². The molecule has 0 radical (unpaired) electrons. The molecule has 0 aliphatic rings. The molecule has 0 N–H and O–H groups in total. The Labute approximate surface area is 124 Å². The van der Waals surface area contributed by atoms with Gasteiger partial charge in [0.25, 0.3) is 0 Å². The van der Waals surface area contributed by atoms with Crippen LogP contribution in [0.2, 0.25) is 10.0 Å². The molecule has 17 heavy (non-hydrogen) atoms. The van der Waals surface area contributed by atoms with Crippen LogP contribution < -0.4 is 0 Å². The second-order valence-electron chi connectivity index (χ2n) is 3.88. The molecule has 0 fully saturated rings. The molecule has 0 aliphatic carbocycles. The molecular weight excluding hydrogens is 370 g/mol. The van der Waals surface area contributed by atoms with Gasteiger partial charge in [-0.25, -0.2) is 0 Å². The van der Waals surface area contributed by atoms with Gasteiger partial charge in [0.1, 0.15) is 0 Å². The van der Waals surface area contributed by atoms with Gasteiger partial charge in [-0.15, -0.1) is 0 Å². The van der Waals surface area contributed by atoms with Crippen LogP contribution in [0, 0.1) is 17.4 Å². The molecule has 0 saturated carbocycles. The van der Waals surface area contributed by atoms with Gasteiger partial charge in [-0.05, 0) is 60.2 Å². The normalized spacial score (nSPS) is 10.9. The van der Waals surface area contributed by atoms with Crippen LogP contribution in [0.25, 0.3) is 0 Å². The largest absolute Gasteiger partial charge is 0.264 e. The van der Waals surface area contributed by atoms with E-state index in [0.29, 0.717) is 11.6 Å². The SMILES string of the molecule is Cc1nn(Cc2cc(Cl)ccc2Cl)c(C)c1I. The molecule has 0 spiro atoms. The molecule has 90 valence electrons. The molecule has 2 nitrogen and oxygen atoms in total. The lowest BCUT2D eigenvalue weighted by atomic mass is 10.2. The topological polar surface area (TPSA) is 17.8 Å². The molecule has 1 aromatic heterocycles.